The second kappa shape index (κ2) is 4.97. The smallest absolute Gasteiger partial charge is 0.323 e. The van der Waals surface area contributed by atoms with E-state index in [4.69, 9.17) is 0 Å². The van der Waals surface area contributed by atoms with Gasteiger partial charge in [0.2, 0.25) is 0 Å². The molecule has 0 aromatic carbocycles. The maximum atomic E-state index is 11.3. The lowest BCUT2D eigenvalue weighted by molar-refractivity contribution is -0.152. The van der Waals surface area contributed by atoms with Crippen molar-refractivity contribution in [1.82, 2.24) is 4.90 Å². The second-order valence-electron chi connectivity index (χ2n) is 4.80. The Hall–Kier alpha value is -0.570. The van der Waals surface area contributed by atoms with Gasteiger partial charge in [0, 0.05) is 6.54 Å². The third kappa shape index (κ3) is 2.51. The van der Waals surface area contributed by atoms with E-state index in [1.165, 1.54) is 6.42 Å². The van der Waals surface area contributed by atoms with Crippen molar-refractivity contribution >= 4 is 5.97 Å². The van der Waals surface area contributed by atoms with E-state index in [1.807, 2.05) is 13.8 Å². The number of piperidine rings is 1. The Morgan fingerprint density at radius 3 is 2.67 bits per heavy atom. The molecule has 0 radical (unpaired) electrons. The molecular weight excluding hydrogens is 190 g/mol. The molecule has 0 bridgehead atoms. The van der Waals surface area contributed by atoms with Gasteiger partial charge in [-0.3, -0.25) is 9.69 Å². The predicted octanol–water partition coefficient (Wildman–Crippen LogP) is 2.36. The van der Waals surface area contributed by atoms with Crippen LogP contribution >= 0.6 is 0 Å². The van der Waals surface area contributed by atoms with E-state index < -0.39 is 11.5 Å². The van der Waals surface area contributed by atoms with Crippen LogP contribution in [-0.4, -0.2) is 34.6 Å². The largest absolute Gasteiger partial charge is 0.480 e. The summed E-state index contributed by atoms with van der Waals surface area (Å²) in [5.41, 5.74) is -0.659. The summed E-state index contributed by atoms with van der Waals surface area (Å²) in [5, 5.41) is 9.30. The van der Waals surface area contributed by atoms with Gasteiger partial charge in [0.15, 0.2) is 0 Å². The van der Waals surface area contributed by atoms with Crippen LogP contribution in [0.2, 0.25) is 0 Å². The number of hydrogen-bond donors (Lipinski definition) is 1. The minimum atomic E-state index is -0.679. The molecule has 3 heteroatoms. The number of likely N-dealkylation sites (tertiary alicyclic amines) is 1. The molecule has 1 saturated heterocycles. The molecule has 1 aliphatic rings. The van der Waals surface area contributed by atoms with Crippen molar-refractivity contribution in [3.05, 3.63) is 0 Å². The van der Waals surface area contributed by atoms with Crippen LogP contribution in [0.5, 0.6) is 0 Å². The summed E-state index contributed by atoms with van der Waals surface area (Å²) in [6.07, 6.45) is 4.24. The van der Waals surface area contributed by atoms with Crippen LogP contribution < -0.4 is 0 Å². The third-order valence-electron chi connectivity index (χ3n) is 3.94. The first-order chi connectivity index (χ1) is 7.04. The molecule has 1 aliphatic heterocycles. The molecule has 2 atom stereocenters. The van der Waals surface area contributed by atoms with Crippen LogP contribution in [0.3, 0.4) is 0 Å². The van der Waals surface area contributed by atoms with Crippen LogP contribution in [0.1, 0.15) is 46.5 Å². The number of carboxylic acid groups (broad SMARTS) is 1. The van der Waals surface area contributed by atoms with Gasteiger partial charge in [-0.2, -0.15) is 0 Å². The molecule has 0 amide bonds. The lowest BCUT2D eigenvalue weighted by Crippen LogP contribution is -2.55. The highest BCUT2D eigenvalue weighted by Crippen LogP contribution is 2.28. The van der Waals surface area contributed by atoms with Gasteiger partial charge in [-0.05, 0) is 38.6 Å². The van der Waals surface area contributed by atoms with Gasteiger partial charge in [0.1, 0.15) is 5.54 Å². The van der Waals surface area contributed by atoms with Gasteiger partial charge < -0.3 is 5.11 Å². The normalized spacial score (nSPS) is 27.3. The van der Waals surface area contributed by atoms with E-state index >= 15 is 0 Å². The molecule has 1 N–H and O–H groups in total. The maximum Gasteiger partial charge on any atom is 0.323 e. The number of carbonyl (C=O) groups is 1. The Bertz CT molecular complexity index is 230. The first-order valence-corrected chi connectivity index (χ1v) is 6.03. The molecule has 15 heavy (non-hydrogen) atoms. The first kappa shape index (κ1) is 12.5. The quantitative estimate of drug-likeness (QED) is 0.779. The summed E-state index contributed by atoms with van der Waals surface area (Å²) >= 11 is 0. The summed E-state index contributed by atoms with van der Waals surface area (Å²) in [7, 11) is 0. The van der Waals surface area contributed by atoms with Crippen LogP contribution in [0.4, 0.5) is 0 Å². The van der Waals surface area contributed by atoms with E-state index in [0.29, 0.717) is 12.3 Å². The van der Waals surface area contributed by atoms with Gasteiger partial charge in [-0.25, -0.2) is 0 Å². The molecule has 1 rings (SSSR count). The van der Waals surface area contributed by atoms with Gasteiger partial charge in [0.05, 0.1) is 0 Å². The van der Waals surface area contributed by atoms with E-state index in [0.717, 1.165) is 25.9 Å². The molecule has 88 valence electrons. The Kier molecular flexibility index (Phi) is 4.14. The fourth-order valence-corrected chi connectivity index (χ4v) is 2.36. The minimum Gasteiger partial charge on any atom is -0.480 e. The van der Waals surface area contributed by atoms with Crippen molar-refractivity contribution in [3.63, 3.8) is 0 Å². The molecule has 0 aliphatic carbocycles. The molecule has 1 heterocycles. The van der Waals surface area contributed by atoms with E-state index in [9.17, 15) is 9.90 Å². The molecule has 0 aromatic heterocycles. The van der Waals surface area contributed by atoms with Crippen LogP contribution in [0.15, 0.2) is 0 Å². The number of hydrogen-bond acceptors (Lipinski definition) is 2. The molecule has 1 fully saturated rings. The lowest BCUT2D eigenvalue weighted by Gasteiger charge is -2.42. The molecule has 0 spiro atoms. The summed E-state index contributed by atoms with van der Waals surface area (Å²) in [6, 6.07) is 0. The van der Waals surface area contributed by atoms with E-state index in [-0.39, 0.29) is 0 Å². The number of aliphatic carboxylic acids is 1. The van der Waals surface area contributed by atoms with E-state index in [1.54, 1.807) is 0 Å². The highest BCUT2D eigenvalue weighted by Gasteiger charge is 2.39. The Morgan fingerprint density at radius 2 is 2.20 bits per heavy atom. The highest BCUT2D eigenvalue weighted by atomic mass is 16.4. The van der Waals surface area contributed by atoms with Crippen molar-refractivity contribution in [2.45, 2.75) is 52.0 Å². The van der Waals surface area contributed by atoms with Gasteiger partial charge in [0.25, 0.3) is 0 Å². The lowest BCUT2D eigenvalue weighted by atomic mass is 9.88. The van der Waals surface area contributed by atoms with Gasteiger partial charge >= 0.3 is 5.97 Å². The highest BCUT2D eigenvalue weighted by molar-refractivity contribution is 5.78. The van der Waals surface area contributed by atoms with Gasteiger partial charge in [-0.15, -0.1) is 0 Å². The molecule has 2 unspecified atom stereocenters. The molecule has 0 aromatic rings. The average molecular weight is 213 g/mol. The summed E-state index contributed by atoms with van der Waals surface area (Å²) in [6.45, 7) is 7.90. The predicted molar refractivity (Wildman–Crippen MR) is 60.9 cm³/mol. The summed E-state index contributed by atoms with van der Waals surface area (Å²) < 4.78 is 0. The van der Waals surface area contributed by atoms with Crippen LogP contribution in [0, 0.1) is 5.92 Å². The van der Waals surface area contributed by atoms with Crippen molar-refractivity contribution in [2.75, 3.05) is 13.1 Å². The Labute approximate surface area is 92.5 Å². The number of nitrogens with zero attached hydrogens (tertiary/aromatic N) is 1. The van der Waals surface area contributed by atoms with Crippen molar-refractivity contribution in [1.29, 1.82) is 0 Å². The minimum absolute atomic E-state index is 0.659. The fraction of sp³-hybridized carbons (Fsp3) is 0.917. The maximum absolute atomic E-state index is 11.3. The van der Waals surface area contributed by atoms with Crippen LogP contribution in [0.25, 0.3) is 0 Å². The zero-order valence-electron chi connectivity index (χ0n) is 10.1. The topological polar surface area (TPSA) is 40.5 Å². The molecular formula is C12H23NO2. The summed E-state index contributed by atoms with van der Waals surface area (Å²) in [5.74, 6) is 0.00530. The third-order valence-corrected chi connectivity index (χ3v) is 3.94. The van der Waals surface area contributed by atoms with Crippen molar-refractivity contribution in [2.24, 2.45) is 5.92 Å². The van der Waals surface area contributed by atoms with Gasteiger partial charge in [-0.1, -0.05) is 20.3 Å². The van der Waals surface area contributed by atoms with Crippen molar-refractivity contribution in [3.8, 4) is 0 Å². The first-order valence-electron chi connectivity index (χ1n) is 6.03. The Morgan fingerprint density at radius 1 is 1.53 bits per heavy atom. The standard InChI is InChI=1S/C12H23NO2/c1-4-10-7-6-8-13(9-10)12(3,5-2)11(14)15/h10H,4-9H2,1-3H3,(H,14,15). The fourth-order valence-electron chi connectivity index (χ4n) is 2.36. The Balaban J connectivity index is 2.72. The summed E-state index contributed by atoms with van der Waals surface area (Å²) in [4.78, 5) is 13.5. The number of rotatable bonds is 4. The average Bonchev–Trinajstić information content (AvgIpc) is 2.27. The molecule has 3 nitrogen and oxygen atoms in total. The number of carboxylic acids is 1. The SMILES string of the molecule is CCC1CCCN(C(C)(CC)C(=O)O)C1. The monoisotopic (exact) mass is 213 g/mol. The second-order valence-corrected chi connectivity index (χ2v) is 4.80. The van der Waals surface area contributed by atoms with Crippen molar-refractivity contribution < 1.29 is 9.90 Å². The van der Waals surface area contributed by atoms with Crippen LogP contribution in [-0.2, 0) is 4.79 Å². The molecule has 0 saturated carbocycles. The zero-order valence-corrected chi connectivity index (χ0v) is 10.1. The zero-order chi connectivity index (χ0) is 11.5. The van der Waals surface area contributed by atoms with E-state index in [2.05, 4.69) is 11.8 Å².